The summed E-state index contributed by atoms with van der Waals surface area (Å²) in [5.74, 6) is -0.107. The van der Waals surface area contributed by atoms with Crippen molar-refractivity contribution in [2.45, 2.75) is 334 Å². The van der Waals surface area contributed by atoms with Crippen molar-refractivity contribution in [1.82, 2.24) is 5.32 Å². The van der Waals surface area contributed by atoms with Crippen molar-refractivity contribution in [3.63, 3.8) is 0 Å². The molecule has 6 nitrogen and oxygen atoms in total. The molecule has 0 aromatic carbocycles. The van der Waals surface area contributed by atoms with E-state index in [9.17, 15) is 19.8 Å². The Balaban J connectivity index is 3.52. The average molecular weight is 957 g/mol. The van der Waals surface area contributed by atoms with Crippen molar-refractivity contribution >= 4 is 11.9 Å². The fourth-order valence-electron chi connectivity index (χ4n) is 9.27. The topological polar surface area (TPSA) is 95.9 Å². The lowest BCUT2D eigenvalue weighted by atomic mass is 10.0. The van der Waals surface area contributed by atoms with E-state index in [4.69, 9.17) is 4.74 Å². The van der Waals surface area contributed by atoms with Gasteiger partial charge in [0.2, 0.25) is 5.91 Å². The van der Waals surface area contributed by atoms with Gasteiger partial charge in [-0.05, 0) is 64.2 Å². The first-order valence-electron chi connectivity index (χ1n) is 30.3. The third-order valence-corrected chi connectivity index (χ3v) is 13.9. The van der Waals surface area contributed by atoms with Gasteiger partial charge in [-0.15, -0.1) is 0 Å². The number of aliphatic hydroxyl groups excluding tert-OH is 2. The largest absolute Gasteiger partial charge is 0.466 e. The molecule has 0 spiro atoms. The maximum Gasteiger partial charge on any atom is 0.305 e. The molecule has 0 fully saturated rings. The number of hydrogen-bond donors (Lipinski definition) is 3. The first kappa shape index (κ1) is 66.1. The molecule has 0 aliphatic rings. The number of amides is 1. The van der Waals surface area contributed by atoms with Gasteiger partial charge in [0.1, 0.15) is 0 Å². The third kappa shape index (κ3) is 53.4. The number of ether oxygens (including phenoxy) is 1. The van der Waals surface area contributed by atoms with E-state index in [1.54, 1.807) is 6.08 Å². The van der Waals surface area contributed by atoms with Crippen LogP contribution in [0.5, 0.6) is 0 Å². The quantitative estimate of drug-likeness (QED) is 0.0244. The van der Waals surface area contributed by atoms with Gasteiger partial charge in [-0.1, -0.05) is 281 Å². The molecule has 6 heteroatoms. The van der Waals surface area contributed by atoms with Crippen LogP contribution in [0.1, 0.15) is 322 Å². The van der Waals surface area contributed by atoms with Crippen molar-refractivity contribution < 1.29 is 24.5 Å². The molecule has 2 atom stereocenters. The minimum Gasteiger partial charge on any atom is -0.466 e. The van der Waals surface area contributed by atoms with Crippen LogP contribution in [0.3, 0.4) is 0 Å². The lowest BCUT2D eigenvalue weighted by Gasteiger charge is -2.20. The Morgan fingerprint density at radius 2 is 0.721 bits per heavy atom. The molecule has 0 saturated heterocycles. The Morgan fingerprint density at radius 1 is 0.412 bits per heavy atom. The Morgan fingerprint density at radius 3 is 1.09 bits per heavy atom. The molecule has 0 radical (unpaired) electrons. The van der Waals surface area contributed by atoms with Crippen LogP contribution in [0.15, 0.2) is 36.5 Å². The van der Waals surface area contributed by atoms with E-state index in [2.05, 4.69) is 43.5 Å². The van der Waals surface area contributed by atoms with Gasteiger partial charge in [-0.25, -0.2) is 0 Å². The van der Waals surface area contributed by atoms with Crippen molar-refractivity contribution in [3.8, 4) is 0 Å². The fraction of sp³-hybridized carbons (Fsp3) is 0.871. The second kappa shape index (κ2) is 57.7. The summed E-state index contributed by atoms with van der Waals surface area (Å²) in [7, 11) is 0. The summed E-state index contributed by atoms with van der Waals surface area (Å²) < 4.78 is 5.46. The smallest absolute Gasteiger partial charge is 0.305 e. The lowest BCUT2D eigenvalue weighted by Crippen LogP contribution is -2.45. The molecule has 0 rings (SSSR count). The molecule has 400 valence electrons. The number of nitrogens with one attached hydrogen (secondary N) is 1. The fourth-order valence-corrected chi connectivity index (χ4v) is 9.27. The van der Waals surface area contributed by atoms with Crippen LogP contribution in [0, 0.1) is 0 Å². The van der Waals surface area contributed by atoms with Crippen LogP contribution in [0.4, 0.5) is 0 Å². The van der Waals surface area contributed by atoms with Gasteiger partial charge < -0.3 is 20.3 Å². The molecule has 1 amide bonds. The van der Waals surface area contributed by atoms with E-state index in [0.717, 1.165) is 77.0 Å². The molecule has 0 heterocycles. The van der Waals surface area contributed by atoms with Crippen LogP contribution in [0.25, 0.3) is 0 Å². The van der Waals surface area contributed by atoms with Gasteiger partial charge in [0.25, 0.3) is 0 Å². The van der Waals surface area contributed by atoms with Crippen molar-refractivity contribution in [3.05, 3.63) is 36.5 Å². The van der Waals surface area contributed by atoms with Crippen LogP contribution in [0.2, 0.25) is 0 Å². The van der Waals surface area contributed by atoms with Gasteiger partial charge in [0, 0.05) is 12.8 Å². The third-order valence-electron chi connectivity index (χ3n) is 13.9. The first-order valence-corrected chi connectivity index (χ1v) is 30.3. The molecule has 0 aromatic rings. The van der Waals surface area contributed by atoms with E-state index in [1.165, 1.54) is 218 Å². The molecular formula is C62H117NO5. The van der Waals surface area contributed by atoms with E-state index in [-0.39, 0.29) is 18.5 Å². The van der Waals surface area contributed by atoms with Gasteiger partial charge in [0.15, 0.2) is 0 Å². The van der Waals surface area contributed by atoms with E-state index in [1.807, 2.05) is 6.08 Å². The van der Waals surface area contributed by atoms with Gasteiger partial charge >= 0.3 is 5.97 Å². The number of carbonyl (C=O) groups is 2. The van der Waals surface area contributed by atoms with Crippen molar-refractivity contribution in [2.24, 2.45) is 0 Å². The van der Waals surface area contributed by atoms with Gasteiger partial charge in [-0.3, -0.25) is 9.59 Å². The summed E-state index contributed by atoms with van der Waals surface area (Å²) in [5.41, 5.74) is 0. The van der Waals surface area contributed by atoms with E-state index < -0.39 is 12.1 Å². The SMILES string of the molecule is CCCCCCCCCCCCCCCCCC/C=C/C(O)C(CO)NC(=O)CCCCCCCC/C=C\C=C/CCCCCOC(=O)CCCCCCCCCCCCCCCCCCCC. The van der Waals surface area contributed by atoms with Crippen molar-refractivity contribution in [1.29, 1.82) is 0 Å². The number of unbranched alkanes of at least 4 members (excludes halogenated alkanes) is 42. The Bertz CT molecular complexity index is 1100. The Labute approximate surface area is 424 Å². The molecular weight excluding hydrogens is 839 g/mol. The van der Waals surface area contributed by atoms with Gasteiger partial charge in [-0.2, -0.15) is 0 Å². The summed E-state index contributed by atoms with van der Waals surface area (Å²) in [6, 6.07) is -0.645. The highest BCUT2D eigenvalue weighted by Crippen LogP contribution is 2.17. The zero-order valence-corrected chi connectivity index (χ0v) is 45.6. The molecule has 68 heavy (non-hydrogen) atoms. The minimum absolute atomic E-state index is 0.0183. The predicted molar refractivity (Wildman–Crippen MR) is 296 cm³/mol. The van der Waals surface area contributed by atoms with Crippen molar-refractivity contribution in [2.75, 3.05) is 13.2 Å². The normalized spacial score (nSPS) is 12.8. The molecule has 0 aromatic heterocycles. The highest BCUT2D eigenvalue weighted by Gasteiger charge is 2.18. The van der Waals surface area contributed by atoms with Gasteiger partial charge in [0.05, 0.1) is 25.4 Å². The second-order valence-electron chi connectivity index (χ2n) is 20.7. The van der Waals surface area contributed by atoms with E-state index in [0.29, 0.717) is 19.4 Å². The number of hydrogen-bond acceptors (Lipinski definition) is 5. The number of aliphatic hydroxyl groups is 2. The monoisotopic (exact) mass is 956 g/mol. The molecule has 2 unspecified atom stereocenters. The summed E-state index contributed by atoms with van der Waals surface area (Å²) in [6.45, 7) is 4.87. The summed E-state index contributed by atoms with van der Waals surface area (Å²) in [5, 5.41) is 23.1. The second-order valence-corrected chi connectivity index (χ2v) is 20.7. The Hall–Kier alpha value is -1.92. The maximum absolute atomic E-state index is 12.5. The molecule has 3 N–H and O–H groups in total. The predicted octanol–water partition coefficient (Wildman–Crippen LogP) is 18.8. The maximum atomic E-state index is 12.5. The molecule has 0 bridgehead atoms. The summed E-state index contributed by atoms with van der Waals surface area (Å²) in [4.78, 5) is 24.5. The highest BCUT2D eigenvalue weighted by molar-refractivity contribution is 5.76. The zero-order chi connectivity index (χ0) is 49.3. The standard InChI is InChI=1S/C62H117NO5/c1-3-5-7-9-11-13-15-17-19-21-23-26-30-34-38-42-46-50-54-60(65)59(58-64)63-61(66)55-51-47-43-39-35-31-27-25-29-33-37-41-45-49-53-57-68-62(67)56-52-48-44-40-36-32-28-24-22-20-18-16-14-12-10-8-6-4-2/h25,29,33,37,50,54,59-60,64-65H,3-24,26-28,30-32,34-36,38-49,51-53,55-58H2,1-2H3,(H,63,66)/b29-25-,37-33-,54-50+. The Kier molecular flexibility index (Phi) is 56.0. The van der Waals surface area contributed by atoms with Crippen LogP contribution >= 0.6 is 0 Å². The number of allylic oxidation sites excluding steroid dienone is 5. The van der Waals surface area contributed by atoms with Crippen LogP contribution in [-0.2, 0) is 14.3 Å². The highest BCUT2D eigenvalue weighted by atomic mass is 16.5. The number of esters is 1. The van der Waals surface area contributed by atoms with E-state index >= 15 is 0 Å². The molecule has 0 aliphatic carbocycles. The molecule has 0 saturated carbocycles. The zero-order valence-electron chi connectivity index (χ0n) is 45.6. The summed E-state index contributed by atoms with van der Waals surface area (Å²) >= 11 is 0. The molecule has 0 aliphatic heterocycles. The number of rotatable bonds is 56. The first-order chi connectivity index (χ1) is 33.5. The van der Waals surface area contributed by atoms with Crippen LogP contribution < -0.4 is 5.32 Å². The minimum atomic E-state index is -0.859. The average Bonchev–Trinajstić information content (AvgIpc) is 3.34. The summed E-state index contributed by atoms with van der Waals surface area (Å²) in [6.07, 6.45) is 71.7. The lowest BCUT2D eigenvalue weighted by molar-refractivity contribution is -0.143. The van der Waals surface area contributed by atoms with Crippen LogP contribution in [-0.4, -0.2) is 47.4 Å². The number of carbonyl (C=O) groups excluding carboxylic acids is 2.